The second-order valence-corrected chi connectivity index (χ2v) is 10.9. The summed E-state index contributed by atoms with van der Waals surface area (Å²) in [5.41, 5.74) is 2.70. The maximum atomic E-state index is 12.7. The highest BCUT2D eigenvalue weighted by Crippen LogP contribution is 2.22. The molecule has 0 aliphatic carbocycles. The summed E-state index contributed by atoms with van der Waals surface area (Å²) >= 11 is 0. The van der Waals surface area contributed by atoms with Gasteiger partial charge in [-0.3, -0.25) is 14.4 Å². The average molecular weight is 508 g/mol. The molecular weight excluding hydrogens is 474 g/mol. The normalized spacial score (nSPS) is 16.3. The van der Waals surface area contributed by atoms with E-state index in [0.29, 0.717) is 29.3 Å². The number of carbonyl (C=O) groups is 1. The van der Waals surface area contributed by atoms with Crippen LogP contribution in [0.5, 0.6) is 5.75 Å². The highest BCUT2D eigenvalue weighted by molar-refractivity contribution is 7.92. The summed E-state index contributed by atoms with van der Waals surface area (Å²) in [4.78, 5) is 15.3. The quantitative estimate of drug-likeness (QED) is 0.407. The number of hydrogen-bond donors (Lipinski definition) is 2. The predicted octanol–water partition coefficient (Wildman–Crippen LogP) is 5.37. The van der Waals surface area contributed by atoms with E-state index < -0.39 is 10.0 Å². The van der Waals surface area contributed by atoms with Crippen molar-refractivity contribution in [1.29, 1.82) is 0 Å². The minimum absolute atomic E-state index is 0.103. The maximum absolute atomic E-state index is 12.7. The molecule has 1 atom stereocenters. The molecule has 0 spiro atoms. The lowest BCUT2D eigenvalue weighted by Gasteiger charge is -2.30. The first-order chi connectivity index (χ1) is 17.3. The molecule has 1 saturated heterocycles. The van der Waals surface area contributed by atoms with Gasteiger partial charge in [-0.15, -0.1) is 0 Å². The SMILES string of the molecule is CCOc1ccc(NS(=O)(=O)c2ccc(NC(=O)c3ccc(CN4CCCC(C)C4)cc3)cc2)cc1. The maximum Gasteiger partial charge on any atom is 0.261 e. The van der Waals surface area contributed by atoms with Crippen molar-refractivity contribution in [2.75, 3.05) is 29.7 Å². The van der Waals surface area contributed by atoms with E-state index in [2.05, 4.69) is 21.9 Å². The Hall–Kier alpha value is -3.36. The molecule has 3 aromatic rings. The van der Waals surface area contributed by atoms with E-state index in [0.717, 1.165) is 25.6 Å². The van der Waals surface area contributed by atoms with E-state index in [9.17, 15) is 13.2 Å². The van der Waals surface area contributed by atoms with E-state index in [1.54, 1.807) is 36.4 Å². The zero-order valence-corrected chi connectivity index (χ0v) is 21.6. The Morgan fingerprint density at radius 1 is 0.972 bits per heavy atom. The van der Waals surface area contributed by atoms with E-state index in [1.165, 1.54) is 30.5 Å². The van der Waals surface area contributed by atoms with Crippen molar-refractivity contribution in [3.05, 3.63) is 83.9 Å². The molecule has 7 nitrogen and oxygen atoms in total. The molecule has 0 saturated carbocycles. The molecule has 36 heavy (non-hydrogen) atoms. The minimum atomic E-state index is -3.76. The summed E-state index contributed by atoms with van der Waals surface area (Å²) in [6, 6.07) is 20.5. The molecule has 0 aromatic heterocycles. The Morgan fingerprint density at radius 3 is 2.28 bits per heavy atom. The molecule has 0 bridgehead atoms. The summed E-state index contributed by atoms with van der Waals surface area (Å²) in [5.74, 6) is 1.16. The van der Waals surface area contributed by atoms with Crippen molar-refractivity contribution < 1.29 is 17.9 Å². The minimum Gasteiger partial charge on any atom is -0.494 e. The molecule has 1 aliphatic heterocycles. The van der Waals surface area contributed by atoms with Crippen LogP contribution in [0.25, 0.3) is 0 Å². The number of rotatable bonds is 9. The fraction of sp³-hybridized carbons (Fsp3) is 0.321. The second kappa shape index (κ2) is 11.6. The monoisotopic (exact) mass is 507 g/mol. The lowest BCUT2D eigenvalue weighted by Crippen LogP contribution is -2.33. The zero-order chi connectivity index (χ0) is 25.5. The van der Waals surface area contributed by atoms with Gasteiger partial charge < -0.3 is 10.1 Å². The average Bonchev–Trinajstić information content (AvgIpc) is 2.86. The van der Waals surface area contributed by atoms with Gasteiger partial charge in [0, 0.05) is 30.0 Å². The first-order valence-corrected chi connectivity index (χ1v) is 13.8. The van der Waals surface area contributed by atoms with Crippen LogP contribution >= 0.6 is 0 Å². The summed E-state index contributed by atoms with van der Waals surface area (Å²) in [6.45, 7) is 7.85. The number of carbonyl (C=O) groups excluding carboxylic acids is 1. The van der Waals surface area contributed by atoms with Crippen LogP contribution in [-0.2, 0) is 16.6 Å². The Balaban J connectivity index is 1.34. The number of anilines is 2. The Labute approximate surface area is 213 Å². The Kier molecular flexibility index (Phi) is 8.28. The van der Waals surface area contributed by atoms with Gasteiger partial charge in [-0.1, -0.05) is 19.1 Å². The largest absolute Gasteiger partial charge is 0.494 e. The third kappa shape index (κ3) is 6.86. The number of sulfonamides is 1. The number of ether oxygens (including phenoxy) is 1. The number of piperidine rings is 1. The van der Waals surface area contributed by atoms with Crippen LogP contribution in [0.3, 0.4) is 0 Å². The van der Waals surface area contributed by atoms with Crippen molar-refractivity contribution in [2.45, 2.75) is 38.1 Å². The molecule has 1 aliphatic rings. The van der Waals surface area contributed by atoms with Crippen molar-refractivity contribution in [3.8, 4) is 5.75 Å². The lowest BCUT2D eigenvalue weighted by atomic mass is 9.99. The first-order valence-electron chi connectivity index (χ1n) is 12.3. The molecule has 1 fully saturated rings. The van der Waals surface area contributed by atoms with Crippen molar-refractivity contribution >= 4 is 27.3 Å². The Morgan fingerprint density at radius 2 is 1.64 bits per heavy atom. The lowest BCUT2D eigenvalue weighted by molar-refractivity contribution is 0.102. The van der Waals surface area contributed by atoms with Crippen molar-refractivity contribution in [1.82, 2.24) is 4.90 Å². The smallest absolute Gasteiger partial charge is 0.261 e. The van der Waals surface area contributed by atoms with E-state index in [1.807, 2.05) is 31.2 Å². The molecule has 0 radical (unpaired) electrons. The van der Waals surface area contributed by atoms with E-state index in [4.69, 9.17) is 4.74 Å². The molecule has 3 aromatic carbocycles. The Bertz CT molecular complexity index is 1260. The first kappa shape index (κ1) is 25.7. The number of hydrogen-bond acceptors (Lipinski definition) is 5. The van der Waals surface area contributed by atoms with Crippen LogP contribution in [0.4, 0.5) is 11.4 Å². The van der Waals surface area contributed by atoms with Gasteiger partial charge >= 0.3 is 0 Å². The molecule has 1 heterocycles. The van der Waals surface area contributed by atoms with Gasteiger partial charge in [0.25, 0.3) is 15.9 Å². The van der Waals surface area contributed by atoms with Crippen LogP contribution < -0.4 is 14.8 Å². The number of nitrogens with one attached hydrogen (secondary N) is 2. The summed E-state index contributed by atoms with van der Waals surface area (Å²) < 4.78 is 33.4. The highest BCUT2D eigenvalue weighted by Gasteiger charge is 2.17. The van der Waals surface area contributed by atoms with Crippen LogP contribution in [0.1, 0.15) is 42.6 Å². The number of nitrogens with zero attached hydrogens (tertiary/aromatic N) is 1. The number of likely N-dealkylation sites (tertiary alicyclic amines) is 1. The highest BCUT2D eigenvalue weighted by atomic mass is 32.2. The fourth-order valence-electron chi connectivity index (χ4n) is 4.37. The van der Waals surface area contributed by atoms with Gasteiger partial charge in [-0.25, -0.2) is 8.42 Å². The molecule has 190 valence electrons. The zero-order valence-electron chi connectivity index (χ0n) is 20.7. The van der Waals surface area contributed by atoms with Gasteiger partial charge in [0.2, 0.25) is 0 Å². The van der Waals surface area contributed by atoms with Gasteiger partial charge in [-0.2, -0.15) is 0 Å². The van der Waals surface area contributed by atoms with Crippen LogP contribution in [0.2, 0.25) is 0 Å². The molecule has 8 heteroatoms. The van der Waals surface area contributed by atoms with Gasteiger partial charge in [0.05, 0.1) is 11.5 Å². The summed E-state index contributed by atoms with van der Waals surface area (Å²) in [6.07, 6.45) is 2.53. The van der Waals surface area contributed by atoms with Gasteiger partial charge in [-0.05, 0) is 98.5 Å². The van der Waals surface area contributed by atoms with Gasteiger partial charge in [0.15, 0.2) is 0 Å². The number of benzene rings is 3. The second-order valence-electron chi connectivity index (χ2n) is 9.22. The number of amides is 1. The molecule has 4 rings (SSSR count). The summed E-state index contributed by atoms with van der Waals surface area (Å²) in [7, 11) is -3.76. The van der Waals surface area contributed by atoms with Crippen LogP contribution in [0.15, 0.2) is 77.7 Å². The van der Waals surface area contributed by atoms with Crippen LogP contribution in [0, 0.1) is 5.92 Å². The standard InChI is InChI=1S/C28H33N3O4S/c1-3-35-26-14-10-25(11-15-26)30-36(33,34)27-16-12-24(13-17-27)29-28(32)23-8-6-22(7-9-23)20-31-18-4-5-21(2)19-31/h6-17,21,30H,3-5,18-20H2,1-2H3,(H,29,32). The molecule has 2 N–H and O–H groups in total. The summed E-state index contributed by atoms with van der Waals surface area (Å²) in [5, 5.41) is 2.83. The third-order valence-electron chi connectivity index (χ3n) is 6.20. The van der Waals surface area contributed by atoms with Crippen molar-refractivity contribution in [2.24, 2.45) is 5.92 Å². The fourth-order valence-corrected chi connectivity index (χ4v) is 5.43. The van der Waals surface area contributed by atoms with Crippen molar-refractivity contribution in [3.63, 3.8) is 0 Å². The van der Waals surface area contributed by atoms with E-state index in [-0.39, 0.29) is 10.8 Å². The predicted molar refractivity (Wildman–Crippen MR) is 143 cm³/mol. The topological polar surface area (TPSA) is 87.7 Å². The molecule has 1 amide bonds. The van der Waals surface area contributed by atoms with Gasteiger partial charge in [0.1, 0.15) is 5.75 Å². The van der Waals surface area contributed by atoms with Crippen LogP contribution in [-0.4, -0.2) is 38.9 Å². The molecular formula is C28H33N3O4S. The molecule has 1 unspecified atom stereocenters. The third-order valence-corrected chi connectivity index (χ3v) is 7.60. The van der Waals surface area contributed by atoms with E-state index >= 15 is 0 Å².